The van der Waals surface area contributed by atoms with E-state index in [2.05, 4.69) is 0 Å². The number of aliphatic hydroxyl groups excluding tert-OH is 1. The van der Waals surface area contributed by atoms with Gasteiger partial charge < -0.3 is 24.1 Å². The molecular weight excluding hydrogens is 523 g/mol. The Morgan fingerprint density at radius 2 is 1.70 bits per heavy atom. The molecule has 0 aromatic carbocycles. The molecule has 0 aliphatic heterocycles. The van der Waals surface area contributed by atoms with E-state index in [1.807, 2.05) is 13.8 Å². The van der Waals surface area contributed by atoms with Crippen LogP contribution >= 0.6 is 0 Å². The second-order valence-electron chi connectivity index (χ2n) is 12.1. The highest BCUT2D eigenvalue weighted by Gasteiger charge is 2.77. The topological polar surface area (TPSA) is 125 Å². The lowest BCUT2D eigenvalue weighted by Crippen LogP contribution is -2.70. The summed E-state index contributed by atoms with van der Waals surface area (Å²) in [6.45, 7) is 8.33. The van der Waals surface area contributed by atoms with Crippen molar-refractivity contribution in [2.75, 3.05) is 19.8 Å². The summed E-state index contributed by atoms with van der Waals surface area (Å²) >= 11 is 0. The molecule has 1 N–H and O–H groups in total. The van der Waals surface area contributed by atoms with Crippen molar-refractivity contribution in [2.45, 2.75) is 90.5 Å². The van der Waals surface area contributed by atoms with Crippen LogP contribution in [0.4, 0.5) is 14.0 Å². The highest BCUT2D eigenvalue weighted by atomic mass is 19.1. The molecule has 0 radical (unpaired) electrons. The molecule has 0 amide bonds. The number of hydrogen-bond donors (Lipinski definition) is 1. The van der Waals surface area contributed by atoms with Crippen molar-refractivity contribution in [1.29, 1.82) is 0 Å². The number of halogens is 1. The summed E-state index contributed by atoms with van der Waals surface area (Å²) in [5.74, 6) is -2.63. The van der Waals surface area contributed by atoms with Crippen LogP contribution in [-0.4, -0.2) is 66.2 Å². The summed E-state index contributed by atoms with van der Waals surface area (Å²) in [5, 5.41) is 11.6. The first-order valence-corrected chi connectivity index (χ1v) is 14.3. The van der Waals surface area contributed by atoms with E-state index in [1.54, 1.807) is 26.8 Å². The number of fused-ring (bicyclic) bond motifs is 5. The second-order valence-corrected chi connectivity index (χ2v) is 12.1. The van der Waals surface area contributed by atoms with Gasteiger partial charge in [0.05, 0.1) is 19.3 Å². The minimum Gasteiger partial charge on any atom is -0.434 e. The zero-order valence-electron chi connectivity index (χ0n) is 24.0. The summed E-state index contributed by atoms with van der Waals surface area (Å²) in [5.41, 5.74) is -5.70. The molecule has 4 aliphatic carbocycles. The van der Waals surface area contributed by atoms with Gasteiger partial charge in [-0.25, -0.2) is 14.0 Å². The van der Waals surface area contributed by atoms with Crippen LogP contribution in [0.15, 0.2) is 23.8 Å². The number of ether oxygens (including phenoxy) is 4. The van der Waals surface area contributed by atoms with Crippen LogP contribution in [0.1, 0.15) is 73.1 Å². The number of hydrogen-bond acceptors (Lipinski definition) is 9. The molecular formula is C30H41FO9. The van der Waals surface area contributed by atoms with Crippen LogP contribution < -0.4 is 0 Å². The van der Waals surface area contributed by atoms with E-state index in [1.165, 1.54) is 12.2 Å². The Kier molecular flexibility index (Phi) is 8.24. The van der Waals surface area contributed by atoms with Gasteiger partial charge in [-0.3, -0.25) is 9.59 Å². The van der Waals surface area contributed by atoms with Crippen LogP contribution in [0, 0.1) is 28.6 Å². The third-order valence-electron chi connectivity index (χ3n) is 10.0. The molecule has 0 aromatic rings. The van der Waals surface area contributed by atoms with E-state index in [9.17, 15) is 24.3 Å². The normalized spacial score (nSPS) is 39.8. The average molecular weight is 565 g/mol. The molecule has 8 atom stereocenters. The fourth-order valence-corrected chi connectivity index (χ4v) is 8.20. The maximum absolute atomic E-state index is 17.5. The largest absolute Gasteiger partial charge is 0.509 e. The summed E-state index contributed by atoms with van der Waals surface area (Å²) in [6.07, 6.45) is 2.85. The minimum atomic E-state index is -2.11. The van der Waals surface area contributed by atoms with E-state index in [0.29, 0.717) is 37.7 Å². The van der Waals surface area contributed by atoms with Gasteiger partial charge in [-0.05, 0) is 63.5 Å². The lowest BCUT2D eigenvalue weighted by molar-refractivity contribution is -0.222. The molecule has 0 heterocycles. The van der Waals surface area contributed by atoms with Crippen molar-refractivity contribution in [1.82, 2.24) is 0 Å². The molecule has 9 nitrogen and oxygen atoms in total. The Balaban J connectivity index is 1.74. The Morgan fingerprint density at radius 1 is 1.05 bits per heavy atom. The number of carbonyl (C=O) groups excluding carboxylic acids is 4. The molecule has 222 valence electrons. The highest BCUT2D eigenvalue weighted by Crippen LogP contribution is 2.71. The van der Waals surface area contributed by atoms with Crippen molar-refractivity contribution >= 4 is 23.9 Å². The van der Waals surface area contributed by atoms with Gasteiger partial charge in [0.15, 0.2) is 23.7 Å². The molecule has 3 fully saturated rings. The predicted molar refractivity (Wildman–Crippen MR) is 141 cm³/mol. The Hall–Kier alpha value is -2.75. The van der Waals surface area contributed by atoms with E-state index >= 15 is 4.39 Å². The van der Waals surface area contributed by atoms with E-state index in [4.69, 9.17) is 18.9 Å². The van der Waals surface area contributed by atoms with Gasteiger partial charge in [0.1, 0.15) is 0 Å². The maximum atomic E-state index is 17.5. The molecule has 0 aromatic heterocycles. The molecule has 3 saturated carbocycles. The molecule has 10 heteroatoms. The van der Waals surface area contributed by atoms with Gasteiger partial charge in [0.25, 0.3) is 0 Å². The molecule has 4 rings (SSSR count). The monoisotopic (exact) mass is 564 g/mol. The van der Waals surface area contributed by atoms with Crippen molar-refractivity contribution in [3.8, 4) is 0 Å². The van der Waals surface area contributed by atoms with Gasteiger partial charge in [0, 0.05) is 22.7 Å². The third kappa shape index (κ3) is 4.37. The lowest BCUT2D eigenvalue weighted by atomic mass is 9.44. The first-order valence-electron chi connectivity index (χ1n) is 14.3. The van der Waals surface area contributed by atoms with Gasteiger partial charge in [0.2, 0.25) is 5.78 Å². The summed E-state index contributed by atoms with van der Waals surface area (Å²) < 4.78 is 38.6. The average Bonchev–Trinajstić information content (AvgIpc) is 3.12. The zero-order chi connectivity index (χ0) is 29.5. The summed E-state index contributed by atoms with van der Waals surface area (Å²) in [6, 6.07) is 0. The Labute approximate surface area is 234 Å². The third-order valence-corrected chi connectivity index (χ3v) is 10.0. The molecule has 0 spiro atoms. The number of allylic oxidation sites excluding steroid dienone is 4. The van der Waals surface area contributed by atoms with Crippen LogP contribution in [-0.2, 0) is 28.5 Å². The van der Waals surface area contributed by atoms with Gasteiger partial charge in [-0.15, -0.1) is 0 Å². The van der Waals surface area contributed by atoms with Crippen molar-refractivity contribution < 1.29 is 47.6 Å². The first kappa shape index (κ1) is 30.2. The van der Waals surface area contributed by atoms with Crippen molar-refractivity contribution in [3.63, 3.8) is 0 Å². The quantitative estimate of drug-likeness (QED) is 0.404. The number of rotatable bonds is 8. The highest BCUT2D eigenvalue weighted by molar-refractivity contribution is 6.01. The van der Waals surface area contributed by atoms with Gasteiger partial charge in [-0.2, -0.15) is 0 Å². The smallest absolute Gasteiger partial charge is 0.434 e. The minimum absolute atomic E-state index is 0.0782. The SMILES string of the molecule is CCCOC(=O)OCC(=O)[C@@]1(OC(=O)OCCC)[C@H](C)C[C@H]2[C@@H]3CCC4=CC(=O)C=C[C@]4(C)[C@@]3(F)[C@@H](O)C[C@@]21C. The molecule has 40 heavy (non-hydrogen) atoms. The van der Waals surface area contributed by atoms with Crippen LogP contribution in [0.25, 0.3) is 0 Å². The number of carbonyl (C=O) groups is 4. The molecule has 0 unspecified atom stereocenters. The van der Waals surface area contributed by atoms with Crippen molar-refractivity contribution in [2.24, 2.45) is 28.6 Å². The number of alkyl halides is 1. The standard InChI is InChI=1S/C30H41FO9/c1-6-12-37-25(35)39-17-24(34)30(40-26(36)38-13-7-2)18(3)14-22-21-9-8-19-15-20(32)10-11-27(19,4)29(21,31)23(33)16-28(22,30)5/h10-11,15,18,21-23,33H,6-9,12-14,16-17H2,1-5H3/t18-,21+,22+,23+,27+,28+,29+,30+/m1/s1. The first-order chi connectivity index (χ1) is 18.8. The van der Waals surface area contributed by atoms with Gasteiger partial charge >= 0.3 is 12.3 Å². The lowest BCUT2D eigenvalue weighted by Gasteiger charge is -2.62. The fourth-order valence-electron chi connectivity index (χ4n) is 8.20. The Bertz CT molecular complexity index is 1120. The predicted octanol–water partition coefficient (Wildman–Crippen LogP) is 5.04. The molecule has 4 aliphatic rings. The van der Waals surface area contributed by atoms with Crippen LogP contribution in [0.2, 0.25) is 0 Å². The fraction of sp³-hybridized carbons (Fsp3) is 0.733. The number of aliphatic hydroxyl groups is 1. The van der Waals surface area contributed by atoms with Crippen LogP contribution in [0.3, 0.4) is 0 Å². The molecule has 0 saturated heterocycles. The zero-order valence-corrected chi connectivity index (χ0v) is 24.0. The van der Waals surface area contributed by atoms with E-state index in [-0.39, 0.29) is 25.4 Å². The number of ketones is 2. The Morgan fingerprint density at radius 3 is 2.35 bits per heavy atom. The molecule has 0 bridgehead atoms. The van der Waals surface area contributed by atoms with E-state index in [0.717, 1.165) is 0 Å². The van der Waals surface area contributed by atoms with E-state index < -0.39 is 70.7 Å². The number of Topliss-reactive ketones (excluding diaryl/α,β-unsaturated/α-hetero) is 1. The second kappa shape index (κ2) is 10.9. The maximum Gasteiger partial charge on any atom is 0.509 e. The summed E-state index contributed by atoms with van der Waals surface area (Å²) in [7, 11) is 0. The summed E-state index contributed by atoms with van der Waals surface area (Å²) in [4.78, 5) is 51.0. The van der Waals surface area contributed by atoms with Crippen molar-refractivity contribution in [3.05, 3.63) is 23.8 Å². The van der Waals surface area contributed by atoms with Gasteiger partial charge in [-0.1, -0.05) is 39.3 Å². The van der Waals surface area contributed by atoms with Crippen LogP contribution in [0.5, 0.6) is 0 Å².